The van der Waals surface area contributed by atoms with Gasteiger partial charge in [-0.1, -0.05) is 0 Å². The van der Waals surface area contributed by atoms with Crippen LogP contribution < -0.4 is 5.32 Å². The van der Waals surface area contributed by atoms with Gasteiger partial charge in [0.15, 0.2) is 11.7 Å². The van der Waals surface area contributed by atoms with Crippen LogP contribution in [0, 0.1) is 0 Å². The normalized spacial score (nSPS) is 17.9. The summed E-state index contributed by atoms with van der Waals surface area (Å²) in [7, 11) is 0. The van der Waals surface area contributed by atoms with Crippen LogP contribution in [-0.2, 0) is 9.53 Å². The van der Waals surface area contributed by atoms with Crippen LogP contribution in [0.4, 0.5) is 0 Å². The van der Waals surface area contributed by atoms with Crippen LogP contribution in [0.1, 0.15) is 6.92 Å². The van der Waals surface area contributed by atoms with Crippen molar-refractivity contribution in [1.82, 2.24) is 10.2 Å². The van der Waals surface area contributed by atoms with Gasteiger partial charge in [-0.2, -0.15) is 0 Å². The van der Waals surface area contributed by atoms with Crippen LogP contribution in [0.25, 0.3) is 0 Å². The number of piperazine rings is 1. The van der Waals surface area contributed by atoms with Gasteiger partial charge >= 0.3 is 0 Å². The lowest BCUT2D eigenvalue weighted by atomic mass is 10.3. The van der Waals surface area contributed by atoms with Crippen LogP contribution >= 0.6 is 0 Å². The summed E-state index contributed by atoms with van der Waals surface area (Å²) in [5.74, 6) is 2.25. The molecule has 0 aromatic rings. The van der Waals surface area contributed by atoms with Gasteiger partial charge in [0.25, 0.3) is 0 Å². The lowest BCUT2D eigenvalue weighted by Crippen LogP contribution is -2.44. The Morgan fingerprint density at radius 2 is 2.23 bits per heavy atom. The minimum atomic E-state index is 0.421. The first-order chi connectivity index (χ1) is 6.36. The molecule has 4 nitrogen and oxygen atoms in total. The SMILES string of the molecule is CCOC(=C=O)CN1CCNCC1. The molecule has 1 fully saturated rings. The molecule has 0 saturated carbocycles. The van der Waals surface area contributed by atoms with Gasteiger partial charge in [0.1, 0.15) is 0 Å². The molecule has 0 aromatic heterocycles. The van der Waals surface area contributed by atoms with E-state index in [1.165, 1.54) is 0 Å². The number of nitrogens with one attached hydrogen (secondary N) is 1. The number of rotatable bonds is 4. The van der Waals surface area contributed by atoms with Crippen molar-refractivity contribution in [3.8, 4) is 0 Å². The monoisotopic (exact) mass is 184 g/mol. The fraction of sp³-hybridized carbons (Fsp3) is 0.778. The highest BCUT2D eigenvalue weighted by atomic mass is 16.5. The molecular formula is C9H16N2O2. The Labute approximate surface area is 78.5 Å². The summed E-state index contributed by atoms with van der Waals surface area (Å²) in [5.41, 5.74) is 0. The number of carbonyl (C=O) groups excluding carboxylic acids is 1. The summed E-state index contributed by atoms with van der Waals surface area (Å²) in [4.78, 5) is 12.6. The van der Waals surface area contributed by atoms with E-state index in [0.29, 0.717) is 18.9 Å². The van der Waals surface area contributed by atoms with E-state index in [1.807, 2.05) is 12.9 Å². The average molecular weight is 184 g/mol. The molecule has 0 unspecified atom stereocenters. The molecule has 0 atom stereocenters. The van der Waals surface area contributed by atoms with Crippen LogP contribution in [0.2, 0.25) is 0 Å². The third kappa shape index (κ3) is 3.59. The van der Waals surface area contributed by atoms with Crippen molar-refractivity contribution >= 4 is 5.94 Å². The molecule has 0 bridgehead atoms. The first-order valence-electron chi connectivity index (χ1n) is 4.66. The molecule has 1 aliphatic heterocycles. The molecule has 0 aliphatic carbocycles. The standard InChI is InChI=1S/C9H16N2O2/c1-2-13-9(8-12)7-11-5-3-10-4-6-11/h10H,2-7H2,1H3. The highest BCUT2D eigenvalue weighted by Gasteiger charge is 2.11. The van der Waals surface area contributed by atoms with Crippen LogP contribution in [0.15, 0.2) is 5.76 Å². The topological polar surface area (TPSA) is 41.6 Å². The number of hydrogen-bond donors (Lipinski definition) is 1. The van der Waals surface area contributed by atoms with E-state index in [0.717, 1.165) is 26.2 Å². The molecule has 13 heavy (non-hydrogen) atoms. The van der Waals surface area contributed by atoms with E-state index in [-0.39, 0.29) is 0 Å². The van der Waals surface area contributed by atoms with Crippen molar-refractivity contribution in [1.29, 1.82) is 0 Å². The Kier molecular flexibility index (Phi) is 4.54. The zero-order valence-electron chi connectivity index (χ0n) is 8.01. The zero-order chi connectivity index (χ0) is 9.52. The number of ether oxygens (including phenoxy) is 1. The summed E-state index contributed by atoms with van der Waals surface area (Å²) in [5, 5.41) is 3.25. The lowest BCUT2D eigenvalue weighted by Gasteiger charge is -2.26. The molecule has 1 aliphatic rings. The predicted octanol–water partition coefficient (Wildman–Crippen LogP) is -0.356. The average Bonchev–Trinajstić information content (AvgIpc) is 2.19. The van der Waals surface area contributed by atoms with E-state index in [1.54, 1.807) is 0 Å². The molecule has 1 saturated heterocycles. The van der Waals surface area contributed by atoms with Crippen LogP contribution in [0.3, 0.4) is 0 Å². The Balaban J connectivity index is 2.32. The van der Waals surface area contributed by atoms with Crippen molar-refractivity contribution in [3.63, 3.8) is 0 Å². The van der Waals surface area contributed by atoms with E-state index in [9.17, 15) is 4.79 Å². The van der Waals surface area contributed by atoms with Gasteiger partial charge in [0, 0.05) is 26.2 Å². The minimum Gasteiger partial charge on any atom is -0.486 e. The van der Waals surface area contributed by atoms with Crippen molar-refractivity contribution < 1.29 is 9.53 Å². The van der Waals surface area contributed by atoms with Crippen molar-refractivity contribution in [2.24, 2.45) is 0 Å². The highest BCUT2D eigenvalue weighted by Crippen LogP contribution is 1.99. The maximum Gasteiger partial charge on any atom is 0.193 e. The van der Waals surface area contributed by atoms with Gasteiger partial charge in [0.05, 0.1) is 13.2 Å². The molecule has 0 amide bonds. The van der Waals surface area contributed by atoms with Crippen molar-refractivity contribution in [2.75, 3.05) is 39.3 Å². The minimum absolute atomic E-state index is 0.421. The van der Waals surface area contributed by atoms with E-state index >= 15 is 0 Å². The molecule has 74 valence electrons. The third-order valence-corrected chi connectivity index (χ3v) is 2.01. The van der Waals surface area contributed by atoms with Gasteiger partial charge in [-0.15, -0.1) is 0 Å². The fourth-order valence-corrected chi connectivity index (χ4v) is 1.35. The molecule has 1 rings (SSSR count). The van der Waals surface area contributed by atoms with Crippen molar-refractivity contribution in [3.05, 3.63) is 5.76 Å². The Morgan fingerprint density at radius 3 is 2.77 bits per heavy atom. The maximum atomic E-state index is 10.4. The second kappa shape index (κ2) is 5.75. The summed E-state index contributed by atoms with van der Waals surface area (Å²) in [6.07, 6.45) is 0. The zero-order valence-corrected chi connectivity index (χ0v) is 8.01. The Morgan fingerprint density at radius 1 is 1.54 bits per heavy atom. The quantitative estimate of drug-likeness (QED) is 0.479. The molecule has 1 heterocycles. The largest absolute Gasteiger partial charge is 0.486 e. The van der Waals surface area contributed by atoms with E-state index in [4.69, 9.17) is 4.74 Å². The Hall–Kier alpha value is -0.830. The summed E-state index contributed by atoms with van der Waals surface area (Å²) < 4.78 is 5.12. The molecular weight excluding hydrogens is 168 g/mol. The van der Waals surface area contributed by atoms with Gasteiger partial charge in [0.2, 0.25) is 0 Å². The second-order valence-corrected chi connectivity index (χ2v) is 2.98. The van der Waals surface area contributed by atoms with Gasteiger partial charge in [-0.25, -0.2) is 4.79 Å². The summed E-state index contributed by atoms with van der Waals surface area (Å²) in [6, 6.07) is 0. The van der Waals surface area contributed by atoms with Crippen LogP contribution in [-0.4, -0.2) is 50.2 Å². The molecule has 0 spiro atoms. The van der Waals surface area contributed by atoms with Gasteiger partial charge in [-0.05, 0) is 6.92 Å². The molecule has 0 radical (unpaired) electrons. The first-order valence-corrected chi connectivity index (χ1v) is 4.66. The second-order valence-electron chi connectivity index (χ2n) is 2.98. The molecule has 1 N–H and O–H groups in total. The lowest BCUT2D eigenvalue weighted by molar-refractivity contribution is 0.173. The van der Waals surface area contributed by atoms with Gasteiger partial charge < -0.3 is 10.1 Å². The highest BCUT2D eigenvalue weighted by molar-refractivity contribution is 5.49. The summed E-state index contributed by atoms with van der Waals surface area (Å²) in [6.45, 7) is 6.91. The van der Waals surface area contributed by atoms with E-state index < -0.39 is 0 Å². The van der Waals surface area contributed by atoms with Gasteiger partial charge in [-0.3, -0.25) is 4.90 Å². The van der Waals surface area contributed by atoms with Crippen molar-refractivity contribution in [2.45, 2.75) is 6.92 Å². The maximum absolute atomic E-state index is 10.4. The Bertz CT molecular complexity index is 194. The number of nitrogens with zero attached hydrogens (tertiary/aromatic N) is 1. The smallest absolute Gasteiger partial charge is 0.193 e. The third-order valence-electron chi connectivity index (χ3n) is 2.01. The molecule has 4 heteroatoms. The number of hydrogen-bond acceptors (Lipinski definition) is 4. The predicted molar refractivity (Wildman–Crippen MR) is 50.1 cm³/mol. The van der Waals surface area contributed by atoms with E-state index in [2.05, 4.69) is 10.2 Å². The summed E-state index contributed by atoms with van der Waals surface area (Å²) >= 11 is 0. The molecule has 0 aromatic carbocycles. The first kappa shape index (κ1) is 10.3. The van der Waals surface area contributed by atoms with Crippen LogP contribution in [0.5, 0.6) is 0 Å². The fourth-order valence-electron chi connectivity index (χ4n) is 1.35.